The van der Waals surface area contributed by atoms with Crippen molar-refractivity contribution < 1.29 is 27.2 Å². The van der Waals surface area contributed by atoms with Crippen LogP contribution in [0.3, 0.4) is 0 Å². The highest BCUT2D eigenvalue weighted by atomic mass is 19.4. The molecule has 0 spiro atoms. The Hall–Kier alpha value is -3.16. The summed E-state index contributed by atoms with van der Waals surface area (Å²) in [6.07, 6.45) is -2.09. The first kappa shape index (κ1) is 21.1. The van der Waals surface area contributed by atoms with Gasteiger partial charge in [-0.15, -0.1) is 0 Å². The first-order valence-electron chi connectivity index (χ1n) is 8.34. The van der Waals surface area contributed by atoms with Crippen molar-refractivity contribution in [3.63, 3.8) is 0 Å². The van der Waals surface area contributed by atoms with Gasteiger partial charge in [-0.25, -0.2) is 4.39 Å². The number of benzene rings is 2. The molecule has 0 radical (unpaired) electrons. The molecule has 2 amide bonds. The number of amides is 2. The lowest BCUT2D eigenvalue weighted by Gasteiger charge is -2.07. The molecule has 28 heavy (non-hydrogen) atoms. The second-order valence-electron chi connectivity index (χ2n) is 5.97. The van der Waals surface area contributed by atoms with Crippen molar-refractivity contribution in [3.05, 3.63) is 76.6 Å². The first-order valence-corrected chi connectivity index (χ1v) is 8.34. The van der Waals surface area contributed by atoms with Crippen molar-refractivity contribution in [2.45, 2.75) is 13.1 Å². The van der Waals surface area contributed by atoms with Gasteiger partial charge in [-0.2, -0.15) is 13.2 Å². The highest BCUT2D eigenvalue weighted by Crippen LogP contribution is 2.29. The Balaban J connectivity index is 1.79. The fourth-order valence-electron chi connectivity index (χ4n) is 2.25. The molecule has 4 nitrogen and oxygen atoms in total. The van der Waals surface area contributed by atoms with Crippen LogP contribution in [0.4, 0.5) is 17.6 Å². The fraction of sp³-hybridized carbons (Fsp3) is 0.200. The third-order valence-electron chi connectivity index (χ3n) is 3.78. The average Bonchev–Trinajstić information content (AvgIpc) is 2.65. The number of halogens is 4. The first-order chi connectivity index (χ1) is 13.2. The van der Waals surface area contributed by atoms with Crippen LogP contribution < -0.4 is 10.6 Å². The Morgan fingerprint density at radius 3 is 2.43 bits per heavy atom. The van der Waals surface area contributed by atoms with Crippen LogP contribution in [-0.4, -0.2) is 24.9 Å². The Bertz CT molecular complexity index is 892. The summed E-state index contributed by atoms with van der Waals surface area (Å²) in [5.41, 5.74) is 0.0280. The molecule has 0 bridgehead atoms. The molecule has 8 heteroatoms. The molecule has 2 aromatic rings. The van der Waals surface area contributed by atoms with Crippen LogP contribution in [0.15, 0.2) is 48.5 Å². The van der Waals surface area contributed by atoms with Crippen LogP contribution in [0.1, 0.15) is 27.0 Å². The number of hydrogen-bond acceptors (Lipinski definition) is 2. The van der Waals surface area contributed by atoms with Gasteiger partial charge in [-0.05, 0) is 48.4 Å². The minimum Gasteiger partial charge on any atom is -0.351 e. The molecular formula is C20H18F4N2O2. The van der Waals surface area contributed by atoms with Crippen LogP contribution in [-0.2, 0) is 11.0 Å². The molecule has 0 aliphatic rings. The Kier molecular flexibility index (Phi) is 6.92. The van der Waals surface area contributed by atoms with Gasteiger partial charge in [0.15, 0.2) is 0 Å². The van der Waals surface area contributed by atoms with Crippen molar-refractivity contribution in [1.29, 1.82) is 0 Å². The molecule has 0 fully saturated rings. The summed E-state index contributed by atoms with van der Waals surface area (Å²) in [5.74, 6) is -1.48. The van der Waals surface area contributed by atoms with Gasteiger partial charge in [0.25, 0.3) is 5.91 Å². The molecule has 0 aliphatic carbocycles. The standard InChI is InChI=1S/C20H18F4N2O2/c1-13-5-7-15(12-17(13)21)19(28)26-10-9-25-18(27)8-6-14-3-2-4-16(11-14)20(22,23)24/h2-8,11-12H,9-10H2,1H3,(H,25,27)(H,26,28)/b8-6+. The minimum atomic E-state index is -4.45. The molecule has 0 atom stereocenters. The van der Waals surface area contributed by atoms with Gasteiger partial charge in [0.05, 0.1) is 5.56 Å². The number of carbonyl (C=O) groups is 2. The summed E-state index contributed by atoms with van der Waals surface area (Å²) in [6.45, 7) is 1.79. The summed E-state index contributed by atoms with van der Waals surface area (Å²) >= 11 is 0. The van der Waals surface area contributed by atoms with Gasteiger partial charge in [0.2, 0.25) is 5.91 Å². The lowest BCUT2D eigenvalue weighted by molar-refractivity contribution is -0.137. The summed E-state index contributed by atoms with van der Waals surface area (Å²) < 4.78 is 51.4. The average molecular weight is 394 g/mol. The minimum absolute atomic E-state index is 0.103. The highest BCUT2D eigenvalue weighted by Gasteiger charge is 2.30. The van der Waals surface area contributed by atoms with E-state index in [0.29, 0.717) is 5.56 Å². The normalized spacial score (nSPS) is 11.5. The molecule has 0 heterocycles. The van der Waals surface area contributed by atoms with E-state index in [-0.39, 0.29) is 24.2 Å². The van der Waals surface area contributed by atoms with Crippen molar-refractivity contribution in [1.82, 2.24) is 10.6 Å². The molecule has 2 aromatic carbocycles. The van der Waals surface area contributed by atoms with E-state index in [9.17, 15) is 27.2 Å². The molecule has 2 N–H and O–H groups in total. The molecule has 0 aliphatic heterocycles. The smallest absolute Gasteiger partial charge is 0.351 e. The lowest BCUT2D eigenvalue weighted by atomic mass is 10.1. The number of alkyl halides is 3. The number of rotatable bonds is 6. The van der Waals surface area contributed by atoms with Crippen molar-refractivity contribution in [3.8, 4) is 0 Å². The molecule has 0 unspecified atom stereocenters. The van der Waals surface area contributed by atoms with Crippen molar-refractivity contribution in [2.24, 2.45) is 0 Å². The van der Waals surface area contributed by atoms with Crippen LogP contribution in [0, 0.1) is 12.7 Å². The zero-order valence-electron chi connectivity index (χ0n) is 14.9. The molecular weight excluding hydrogens is 376 g/mol. The fourth-order valence-corrected chi connectivity index (χ4v) is 2.25. The van der Waals surface area contributed by atoms with E-state index in [1.165, 1.54) is 30.3 Å². The predicted octanol–water partition coefficient (Wildman–Crippen LogP) is 3.71. The van der Waals surface area contributed by atoms with Gasteiger partial charge < -0.3 is 10.6 Å². The maximum absolute atomic E-state index is 13.4. The lowest BCUT2D eigenvalue weighted by Crippen LogP contribution is -2.34. The number of aryl methyl sites for hydroxylation is 1. The van der Waals surface area contributed by atoms with Crippen LogP contribution in [0.25, 0.3) is 6.08 Å². The molecule has 0 saturated carbocycles. The third kappa shape index (κ3) is 6.22. The summed E-state index contributed by atoms with van der Waals surface area (Å²) in [5, 5.41) is 5.02. The topological polar surface area (TPSA) is 58.2 Å². The molecule has 2 rings (SSSR count). The zero-order chi connectivity index (χ0) is 20.7. The number of hydrogen-bond donors (Lipinski definition) is 2. The summed E-state index contributed by atoms with van der Waals surface area (Å²) in [7, 11) is 0. The monoisotopic (exact) mass is 394 g/mol. The van der Waals surface area contributed by atoms with E-state index >= 15 is 0 Å². The Labute approximate surface area is 159 Å². The molecule has 0 saturated heterocycles. The van der Waals surface area contributed by atoms with Gasteiger partial charge in [-0.3, -0.25) is 9.59 Å². The van der Waals surface area contributed by atoms with Gasteiger partial charge in [0, 0.05) is 24.7 Å². The second kappa shape index (κ2) is 9.16. The van der Waals surface area contributed by atoms with Crippen LogP contribution in [0.5, 0.6) is 0 Å². The predicted molar refractivity (Wildman–Crippen MR) is 97.0 cm³/mol. The second-order valence-corrected chi connectivity index (χ2v) is 5.97. The number of nitrogens with one attached hydrogen (secondary N) is 2. The molecule has 148 valence electrons. The zero-order valence-corrected chi connectivity index (χ0v) is 14.9. The highest BCUT2D eigenvalue weighted by molar-refractivity contribution is 5.94. The number of carbonyl (C=O) groups excluding carboxylic acids is 2. The summed E-state index contributed by atoms with van der Waals surface area (Å²) in [4.78, 5) is 23.6. The maximum atomic E-state index is 13.4. The molecule has 0 aromatic heterocycles. The summed E-state index contributed by atoms with van der Waals surface area (Å²) in [6, 6.07) is 8.68. The van der Waals surface area contributed by atoms with Crippen LogP contribution >= 0.6 is 0 Å². The van der Waals surface area contributed by atoms with Gasteiger partial charge in [-0.1, -0.05) is 18.2 Å². The van der Waals surface area contributed by atoms with E-state index in [1.807, 2.05) is 0 Å². The largest absolute Gasteiger partial charge is 0.416 e. The van der Waals surface area contributed by atoms with E-state index in [1.54, 1.807) is 6.92 Å². The van der Waals surface area contributed by atoms with Gasteiger partial charge >= 0.3 is 6.18 Å². The Morgan fingerprint density at radius 1 is 1.04 bits per heavy atom. The quantitative estimate of drug-likeness (QED) is 0.446. The van der Waals surface area contributed by atoms with Crippen molar-refractivity contribution in [2.75, 3.05) is 13.1 Å². The van der Waals surface area contributed by atoms with Crippen molar-refractivity contribution >= 4 is 17.9 Å². The van der Waals surface area contributed by atoms with E-state index in [2.05, 4.69) is 10.6 Å². The van der Waals surface area contributed by atoms with Gasteiger partial charge in [0.1, 0.15) is 5.82 Å². The van der Waals surface area contributed by atoms with E-state index in [4.69, 9.17) is 0 Å². The SMILES string of the molecule is Cc1ccc(C(=O)NCCNC(=O)/C=C/c2cccc(C(F)(F)F)c2)cc1F. The van der Waals surface area contributed by atoms with E-state index in [0.717, 1.165) is 24.3 Å². The third-order valence-corrected chi connectivity index (χ3v) is 3.78. The van der Waals surface area contributed by atoms with Crippen LogP contribution in [0.2, 0.25) is 0 Å². The Morgan fingerprint density at radius 2 is 1.75 bits per heavy atom. The maximum Gasteiger partial charge on any atom is 0.416 e. The van der Waals surface area contributed by atoms with E-state index < -0.39 is 29.4 Å².